The second kappa shape index (κ2) is 2.56. The topological polar surface area (TPSA) is 105 Å². The smallest absolute Gasteiger partial charge is 0.372 e. The molecule has 0 aromatic carbocycles. The standard InChI is InChI=1S/C3H4N4O2S/c4-1-5-2(7-6-1)10-3(8)9/h(H,8,9)(H3,4,5,6,7). The van der Waals surface area contributed by atoms with Gasteiger partial charge in [-0.1, -0.05) is 0 Å². The highest BCUT2D eigenvalue weighted by Gasteiger charge is 2.05. The Morgan fingerprint density at radius 1 is 1.80 bits per heavy atom. The Morgan fingerprint density at radius 3 is 2.90 bits per heavy atom. The fourth-order valence-electron chi connectivity index (χ4n) is 0.382. The number of thioether (sulfide) groups is 1. The van der Waals surface area contributed by atoms with Gasteiger partial charge in [-0.15, -0.1) is 5.10 Å². The molecule has 1 heterocycles. The van der Waals surface area contributed by atoms with Crippen LogP contribution in [0.3, 0.4) is 0 Å². The van der Waals surface area contributed by atoms with Crippen molar-refractivity contribution in [3.63, 3.8) is 0 Å². The highest BCUT2D eigenvalue weighted by molar-refractivity contribution is 8.13. The van der Waals surface area contributed by atoms with Gasteiger partial charge in [0.1, 0.15) is 0 Å². The molecule has 0 aliphatic carbocycles. The molecule has 4 N–H and O–H groups in total. The number of hydrogen-bond donors (Lipinski definition) is 3. The number of H-pyrrole nitrogens is 1. The predicted octanol–water partition coefficient (Wildman–Crippen LogP) is 0.157. The number of anilines is 1. The molecule has 6 nitrogen and oxygen atoms in total. The number of aromatic nitrogens is 3. The van der Waals surface area contributed by atoms with E-state index < -0.39 is 5.30 Å². The Labute approximate surface area is 59.8 Å². The summed E-state index contributed by atoms with van der Waals surface area (Å²) in [6, 6.07) is 0. The molecule has 1 aromatic rings. The fraction of sp³-hybridized carbons (Fsp3) is 0. The van der Waals surface area contributed by atoms with Crippen LogP contribution in [0.4, 0.5) is 10.7 Å². The average Bonchev–Trinajstić information content (AvgIpc) is 2.13. The summed E-state index contributed by atoms with van der Waals surface area (Å²) in [6.45, 7) is 0. The van der Waals surface area contributed by atoms with Gasteiger partial charge in [-0.2, -0.15) is 4.98 Å². The maximum atomic E-state index is 10.0. The van der Waals surface area contributed by atoms with Crippen LogP contribution in [-0.4, -0.2) is 25.6 Å². The van der Waals surface area contributed by atoms with Gasteiger partial charge < -0.3 is 10.8 Å². The number of nitrogens with one attached hydrogen (secondary N) is 1. The van der Waals surface area contributed by atoms with E-state index in [1.54, 1.807) is 0 Å². The zero-order chi connectivity index (χ0) is 7.56. The van der Waals surface area contributed by atoms with Crippen molar-refractivity contribution in [2.75, 3.05) is 5.73 Å². The van der Waals surface area contributed by atoms with Gasteiger partial charge >= 0.3 is 5.30 Å². The first kappa shape index (κ1) is 6.87. The number of rotatable bonds is 1. The Kier molecular flexibility index (Phi) is 1.76. The molecule has 7 heteroatoms. The number of aromatic amines is 1. The van der Waals surface area contributed by atoms with E-state index in [2.05, 4.69) is 15.2 Å². The second-order valence-corrected chi connectivity index (χ2v) is 2.29. The van der Waals surface area contributed by atoms with Crippen LogP contribution in [-0.2, 0) is 0 Å². The van der Waals surface area contributed by atoms with Gasteiger partial charge in [0.05, 0.1) is 0 Å². The van der Waals surface area contributed by atoms with Gasteiger partial charge in [0.2, 0.25) is 11.1 Å². The van der Waals surface area contributed by atoms with Crippen LogP contribution in [0, 0.1) is 0 Å². The molecule has 0 unspecified atom stereocenters. The molecule has 0 radical (unpaired) electrons. The summed E-state index contributed by atoms with van der Waals surface area (Å²) < 4.78 is 0. The van der Waals surface area contributed by atoms with Gasteiger partial charge in [0.25, 0.3) is 0 Å². The van der Waals surface area contributed by atoms with Gasteiger partial charge in [-0.25, -0.2) is 9.89 Å². The Hall–Kier alpha value is -1.24. The van der Waals surface area contributed by atoms with Crippen molar-refractivity contribution in [3.8, 4) is 0 Å². The van der Waals surface area contributed by atoms with Crippen molar-refractivity contribution in [2.45, 2.75) is 5.16 Å². The number of nitrogen functional groups attached to an aromatic ring is 1. The second-order valence-electron chi connectivity index (χ2n) is 1.37. The van der Waals surface area contributed by atoms with Crippen molar-refractivity contribution >= 4 is 23.0 Å². The lowest BCUT2D eigenvalue weighted by Crippen LogP contribution is -1.86. The molecule has 1 rings (SSSR count). The summed E-state index contributed by atoms with van der Waals surface area (Å²) in [7, 11) is 0. The SMILES string of the molecule is Nc1nc(SC(=O)O)n[nH]1. The highest BCUT2D eigenvalue weighted by Crippen LogP contribution is 2.12. The van der Waals surface area contributed by atoms with Crippen LogP contribution in [0.2, 0.25) is 0 Å². The molecular weight excluding hydrogens is 156 g/mol. The van der Waals surface area contributed by atoms with Crippen molar-refractivity contribution in [1.82, 2.24) is 15.2 Å². The van der Waals surface area contributed by atoms with Crippen molar-refractivity contribution in [2.24, 2.45) is 0 Å². The minimum Gasteiger partial charge on any atom is -0.473 e. The fourth-order valence-corrected chi connectivity index (χ4v) is 0.773. The number of carbonyl (C=O) groups is 1. The van der Waals surface area contributed by atoms with Gasteiger partial charge in [0.15, 0.2) is 0 Å². The zero-order valence-corrected chi connectivity index (χ0v) is 5.55. The summed E-state index contributed by atoms with van der Waals surface area (Å²) in [6.07, 6.45) is 0. The molecule has 54 valence electrons. The molecule has 0 aliphatic heterocycles. The van der Waals surface area contributed by atoms with Gasteiger partial charge in [-0.05, 0) is 0 Å². The molecule has 0 spiro atoms. The van der Waals surface area contributed by atoms with Crippen LogP contribution < -0.4 is 5.73 Å². The van der Waals surface area contributed by atoms with Crippen LogP contribution in [0.15, 0.2) is 5.16 Å². The monoisotopic (exact) mass is 160 g/mol. The van der Waals surface area contributed by atoms with E-state index in [1.165, 1.54) is 0 Å². The third kappa shape index (κ3) is 1.62. The lowest BCUT2D eigenvalue weighted by Gasteiger charge is -1.81. The number of nitrogens with two attached hydrogens (primary N) is 1. The van der Waals surface area contributed by atoms with E-state index in [1.807, 2.05) is 0 Å². The molecule has 1 aromatic heterocycles. The van der Waals surface area contributed by atoms with Crippen LogP contribution in [0.5, 0.6) is 0 Å². The summed E-state index contributed by atoms with van der Waals surface area (Å²) in [5.41, 5.74) is 5.12. The summed E-state index contributed by atoms with van der Waals surface area (Å²) >= 11 is 0.502. The first-order valence-electron chi connectivity index (χ1n) is 2.27. The number of nitrogens with zero attached hydrogens (tertiary/aromatic N) is 2. The molecular formula is C3H4N4O2S. The zero-order valence-electron chi connectivity index (χ0n) is 4.74. The molecule has 0 saturated carbocycles. The lowest BCUT2D eigenvalue weighted by molar-refractivity contribution is 0.222. The largest absolute Gasteiger partial charge is 0.473 e. The van der Waals surface area contributed by atoms with E-state index in [0.717, 1.165) is 0 Å². The summed E-state index contributed by atoms with van der Waals surface area (Å²) in [4.78, 5) is 13.6. The molecule has 0 fully saturated rings. The number of hydrogen-bond acceptors (Lipinski definition) is 5. The third-order valence-electron chi connectivity index (χ3n) is 0.661. The van der Waals surface area contributed by atoms with Crippen LogP contribution in [0.1, 0.15) is 0 Å². The molecule has 0 atom stereocenters. The molecule has 0 bridgehead atoms. The lowest BCUT2D eigenvalue weighted by atomic mass is 11.1. The summed E-state index contributed by atoms with van der Waals surface area (Å²) in [5.74, 6) is 0.115. The Bertz CT molecular complexity index is 246. The summed E-state index contributed by atoms with van der Waals surface area (Å²) in [5, 5.41) is 13.0. The Morgan fingerprint density at radius 2 is 2.50 bits per heavy atom. The molecule has 10 heavy (non-hydrogen) atoms. The highest BCUT2D eigenvalue weighted by atomic mass is 32.2. The average molecular weight is 160 g/mol. The first-order chi connectivity index (χ1) is 4.68. The quantitative estimate of drug-likeness (QED) is 0.505. The van der Waals surface area contributed by atoms with Crippen molar-refractivity contribution in [1.29, 1.82) is 0 Å². The van der Waals surface area contributed by atoms with Gasteiger partial charge in [0, 0.05) is 11.8 Å². The maximum Gasteiger partial charge on any atom is 0.372 e. The first-order valence-corrected chi connectivity index (χ1v) is 3.09. The minimum atomic E-state index is -1.06. The predicted molar refractivity (Wildman–Crippen MR) is 34.7 cm³/mol. The molecule has 0 amide bonds. The Balaban J connectivity index is 2.67. The van der Waals surface area contributed by atoms with E-state index in [-0.39, 0.29) is 11.1 Å². The van der Waals surface area contributed by atoms with Crippen LogP contribution >= 0.6 is 11.8 Å². The van der Waals surface area contributed by atoms with Crippen molar-refractivity contribution in [3.05, 3.63) is 0 Å². The van der Waals surface area contributed by atoms with E-state index >= 15 is 0 Å². The van der Waals surface area contributed by atoms with E-state index in [9.17, 15) is 4.79 Å². The molecule has 0 saturated heterocycles. The third-order valence-corrected chi connectivity index (χ3v) is 1.20. The van der Waals surface area contributed by atoms with Crippen LogP contribution in [0.25, 0.3) is 0 Å². The normalized spacial score (nSPS) is 9.60. The number of carboxylic acid groups (broad SMARTS) is 1. The van der Waals surface area contributed by atoms with Gasteiger partial charge in [-0.3, -0.25) is 0 Å². The van der Waals surface area contributed by atoms with E-state index in [0.29, 0.717) is 11.8 Å². The molecule has 0 aliphatic rings. The van der Waals surface area contributed by atoms with E-state index in [4.69, 9.17) is 10.8 Å². The van der Waals surface area contributed by atoms with Crippen molar-refractivity contribution < 1.29 is 9.90 Å². The maximum absolute atomic E-state index is 10.0. The minimum absolute atomic E-state index is 0.115.